The third kappa shape index (κ3) is 2.89. The van der Waals surface area contributed by atoms with Crippen molar-refractivity contribution < 1.29 is 4.79 Å². The van der Waals surface area contributed by atoms with Gasteiger partial charge in [-0.3, -0.25) is 9.69 Å². The quantitative estimate of drug-likeness (QED) is 0.860. The Morgan fingerprint density at radius 1 is 1.28 bits per heavy atom. The van der Waals surface area contributed by atoms with Gasteiger partial charge in [0.2, 0.25) is 5.91 Å². The number of carbonyl (C=O) groups is 1. The van der Waals surface area contributed by atoms with E-state index in [-0.39, 0.29) is 5.91 Å². The summed E-state index contributed by atoms with van der Waals surface area (Å²) in [7, 11) is 1.94. The summed E-state index contributed by atoms with van der Waals surface area (Å²) in [5, 5.41) is 3.16. The van der Waals surface area contributed by atoms with Crippen LogP contribution in [0.15, 0.2) is 30.3 Å². The van der Waals surface area contributed by atoms with Gasteiger partial charge in [-0.1, -0.05) is 18.2 Å². The van der Waals surface area contributed by atoms with Gasteiger partial charge in [0.05, 0.1) is 6.54 Å². The summed E-state index contributed by atoms with van der Waals surface area (Å²) >= 11 is 0. The fourth-order valence-electron chi connectivity index (χ4n) is 2.37. The monoisotopic (exact) mass is 247 g/mol. The molecule has 98 valence electrons. The van der Waals surface area contributed by atoms with E-state index in [1.54, 1.807) is 0 Å². The number of nitrogens with one attached hydrogen (secondary N) is 1. The first-order valence-corrected chi connectivity index (χ1v) is 6.46. The molecule has 18 heavy (non-hydrogen) atoms. The van der Waals surface area contributed by atoms with Crippen molar-refractivity contribution in [2.24, 2.45) is 0 Å². The maximum Gasteiger partial charge on any atom is 0.241 e. The standard InChI is InChI=1S/C14H21N3O/c1-12(10-15-2)16-8-9-17(14(18)11-16)13-6-4-3-5-7-13/h3-7,12,15H,8-11H2,1-2H3. The van der Waals surface area contributed by atoms with Crippen molar-refractivity contribution in [3.63, 3.8) is 0 Å². The van der Waals surface area contributed by atoms with E-state index in [0.717, 1.165) is 25.3 Å². The molecule has 0 aromatic heterocycles. The number of hydrogen-bond donors (Lipinski definition) is 1. The van der Waals surface area contributed by atoms with E-state index in [1.165, 1.54) is 0 Å². The minimum absolute atomic E-state index is 0.190. The molecule has 1 aliphatic rings. The zero-order valence-electron chi connectivity index (χ0n) is 11.1. The van der Waals surface area contributed by atoms with Crippen LogP contribution in [0.1, 0.15) is 6.92 Å². The van der Waals surface area contributed by atoms with E-state index in [2.05, 4.69) is 17.1 Å². The van der Waals surface area contributed by atoms with E-state index in [9.17, 15) is 4.79 Å². The summed E-state index contributed by atoms with van der Waals surface area (Å²) in [4.78, 5) is 16.3. The zero-order chi connectivity index (χ0) is 13.0. The molecule has 2 rings (SSSR count). The van der Waals surface area contributed by atoms with Gasteiger partial charge >= 0.3 is 0 Å². The second-order valence-electron chi connectivity index (χ2n) is 4.76. The van der Waals surface area contributed by atoms with Crippen molar-refractivity contribution in [1.29, 1.82) is 0 Å². The predicted octanol–water partition coefficient (Wildman–Crippen LogP) is 0.943. The minimum Gasteiger partial charge on any atom is -0.318 e. The van der Waals surface area contributed by atoms with Gasteiger partial charge in [0, 0.05) is 31.4 Å². The lowest BCUT2D eigenvalue weighted by Gasteiger charge is -2.37. The largest absolute Gasteiger partial charge is 0.318 e. The topological polar surface area (TPSA) is 35.6 Å². The van der Waals surface area contributed by atoms with Gasteiger partial charge in [0.1, 0.15) is 0 Å². The van der Waals surface area contributed by atoms with Gasteiger partial charge in [-0.25, -0.2) is 0 Å². The van der Waals surface area contributed by atoms with E-state index >= 15 is 0 Å². The number of anilines is 1. The number of benzene rings is 1. The highest BCUT2D eigenvalue weighted by molar-refractivity contribution is 5.95. The van der Waals surface area contributed by atoms with Gasteiger partial charge in [-0.05, 0) is 26.1 Å². The second kappa shape index (κ2) is 5.98. The highest BCUT2D eigenvalue weighted by Gasteiger charge is 2.27. The molecular weight excluding hydrogens is 226 g/mol. The fourth-order valence-corrected chi connectivity index (χ4v) is 2.37. The highest BCUT2D eigenvalue weighted by Crippen LogP contribution is 2.17. The van der Waals surface area contributed by atoms with Crippen LogP contribution in [0.2, 0.25) is 0 Å². The molecule has 1 saturated heterocycles. The maximum absolute atomic E-state index is 12.2. The first-order chi connectivity index (χ1) is 8.72. The molecule has 4 nitrogen and oxygen atoms in total. The Hall–Kier alpha value is -1.39. The van der Waals surface area contributed by atoms with Crippen molar-refractivity contribution in [3.8, 4) is 0 Å². The Morgan fingerprint density at radius 2 is 2.00 bits per heavy atom. The SMILES string of the molecule is CNCC(C)N1CCN(c2ccccc2)C(=O)C1. The number of nitrogens with zero attached hydrogens (tertiary/aromatic N) is 2. The molecule has 1 amide bonds. The van der Waals surface area contributed by atoms with Crippen LogP contribution in [-0.4, -0.2) is 50.1 Å². The molecular formula is C14H21N3O. The lowest BCUT2D eigenvalue weighted by molar-refractivity contribution is -0.121. The molecule has 0 aliphatic carbocycles. The Labute approximate surface area is 109 Å². The lowest BCUT2D eigenvalue weighted by Crippen LogP contribution is -2.54. The van der Waals surface area contributed by atoms with E-state index in [4.69, 9.17) is 0 Å². The van der Waals surface area contributed by atoms with Crippen LogP contribution in [-0.2, 0) is 4.79 Å². The molecule has 1 heterocycles. The van der Waals surface area contributed by atoms with Crippen LogP contribution in [0.25, 0.3) is 0 Å². The van der Waals surface area contributed by atoms with Crippen LogP contribution >= 0.6 is 0 Å². The van der Waals surface area contributed by atoms with E-state index < -0.39 is 0 Å². The summed E-state index contributed by atoms with van der Waals surface area (Å²) in [6, 6.07) is 10.3. The van der Waals surface area contributed by atoms with Crippen molar-refractivity contribution in [1.82, 2.24) is 10.2 Å². The maximum atomic E-state index is 12.2. The first kappa shape index (κ1) is 13.1. The predicted molar refractivity (Wildman–Crippen MR) is 73.8 cm³/mol. The van der Waals surface area contributed by atoms with Crippen molar-refractivity contribution >= 4 is 11.6 Å². The molecule has 0 bridgehead atoms. The molecule has 1 aromatic carbocycles. The molecule has 4 heteroatoms. The van der Waals surface area contributed by atoms with Crippen molar-refractivity contribution in [2.45, 2.75) is 13.0 Å². The van der Waals surface area contributed by atoms with Crippen molar-refractivity contribution in [2.75, 3.05) is 38.1 Å². The molecule has 1 aromatic rings. The molecule has 1 fully saturated rings. The summed E-state index contributed by atoms with van der Waals surface area (Å²) in [5.74, 6) is 0.190. The average molecular weight is 247 g/mol. The first-order valence-electron chi connectivity index (χ1n) is 6.46. The fraction of sp³-hybridized carbons (Fsp3) is 0.500. The number of para-hydroxylation sites is 1. The zero-order valence-corrected chi connectivity index (χ0v) is 11.1. The highest BCUT2D eigenvalue weighted by atomic mass is 16.2. The lowest BCUT2D eigenvalue weighted by atomic mass is 10.2. The molecule has 0 saturated carbocycles. The van der Waals surface area contributed by atoms with E-state index in [1.807, 2.05) is 42.3 Å². The van der Waals surface area contributed by atoms with Crippen LogP contribution in [0.3, 0.4) is 0 Å². The molecule has 0 radical (unpaired) electrons. The van der Waals surface area contributed by atoms with Crippen molar-refractivity contribution in [3.05, 3.63) is 30.3 Å². The molecule has 1 atom stereocenters. The number of piperazine rings is 1. The Bertz CT molecular complexity index is 393. The number of hydrogen-bond acceptors (Lipinski definition) is 3. The summed E-state index contributed by atoms with van der Waals surface area (Å²) in [5.41, 5.74) is 1.00. The molecule has 1 N–H and O–H groups in total. The summed E-state index contributed by atoms with van der Waals surface area (Å²) in [6.45, 7) is 5.29. The van der Waals surface area contributed by atoms with Crippen LogP contribution in [0.5, 0.6) is 0 Å². The van der Waals surface area contributed by atoms with Gasteiger partial charge in [0.15, 0.2) is 0 Å². The second-order valence-corrected chi connectivity index (χ2v) is 4.76. The van der Waals surface area contributed by atoms with Gasteiger partial charge < -0.3 is 10.2 Å². The number of carbonyl (C=O) groups excluding carboxylic acids is 1. The minimum atomic E-state index is 0.190. The Balaban J connectivity index is 1.99. The number of amides is 1. The normalized spacial score (nSPS) is 19.0. The molecule has 0 spiro atoms. The smallest absolute Gasteiger partial charge is 0.241 e. The van der Waals surface area contributed by atoms with Gasteiger partial charge in [-0.2, -0.15) is 0 Å². The third-order valence-corrected chi connectivity index (χ3v) is 3.44. The molecule has 1 aliphatic heterocycles. The van der Waals surface area contributed by atoms with Gasteiger partial charge in [-0.15, -0.1) is 0 Å². The van der Waals surface area contributed by atoms with Crippen LogP contribution in [0, 0.1) is 0 Å². The Morgan fingerprint density at radius 3 is 2.61 bits per heavy atom. The molecule has 1 unspecified atom stereocenters. The third-order valence-electron chi connectivity index (χ3n) is 3.44. The van der Waals surface area contributed by atoms with Crippen LogP contribution in [0.4, 0.5) is 5.69 Å². The summed E-state index contributed by atoms with van der Waals surface area (Å²) in [6.07, 6.45) is 0. The number of likely N-dealkylation sites (N-methyl/N-ethyl adjacent to an activating group) is 1. The average Bonchev–Trinajstić information content (AvgIpc) is 2.40. The Kier molecular flexibility index (Phi) is 4.33. The van der Waals surface area contributed by atoms with E-state index in [0.29, 0.717) is 12.6 Å². The van der Waals surface area contributed by atoms with Crippen LogP contribution < -0.4 is 10.2 Å². The van der Waals surface area contributed by atoms with Gasteiger partial charge in [0.25, 0.3) is 0 Å². The summed E-state index contributed by atoms with van der Waals surface area (Å²) < 4.78 is 0. The number of rotatable bonds is 4.